The van der Waals surface area contributed by atoms with Crippen molar-refractivity contribution in [2.24, 2.45) is 11.1 Å². The minimum absolute atomic E-state index is 0.0339. The van der Waals surface area contributed by atoms with E-state index >= 15 is 0 Å². The molecule has 2 aliphatic heterocycles. The summed E-state index contributed by atoms with van der Waals surface area (Å²) in [6.07, 6.45) is 6.39. The summed E-state index contributed by atoms with van der Waals surface area (Å²) in [5.41, 5.74) is 8.98. The number of ketones is 1. The Bertz CT molecular complexity index is 1290. The molecule has 0 saturated carbocycles. The van der Waals surface area contributed by atoms with E-state index in [0.29, 0.717) is 22.7 Å². The van der Waals surface area contributed by atoms with Crippen LogP contribution in [0, 0.1) is 5.92 Å². The van der Waals surface area contributed by atoms with Crippen LogP contribution in [0.2, 0.25) is 0 Å². The summed E-state index contributed by atoms with van der Waals surface area (Å²) < 4.78 is 2.10. The predicted octanol–water partition coefficient (Wildman–Crippen LogP) is 1.38. The second kappa shape index (κ2) is 9.42. The van der Waals surface area contributed by atoms with Gasteiger partial charge in [-0.1, -0.05) is 16.5 Å². The summed E-state index contributed by atoms with van der Waals surface area (Å²) in [6, 6.07) is 4.09. The first-order chi connectivity index (χ1) is 16.9. The molecule has 1 fully saturated rings. The first kappa shape index (κ1) is 23.5. The fourth-order valence-electron chi connectivity index (χ4n) is 4.92. The van der Waals surface area contributed by atoms with E-state index in [9.17, 15) is 19.5 Å². The van der Waals surface area contributed by atoms with Gasteiger partial charge in [0.25, 0.3) is 0 Å². The molecule has 5 rings (SSSR count). The van der Waals surface area contributed by atoms with Crippen LogP contribution in [-0.4, -0.2) is 56.6 Å². The molecule has 0 aromatic carbocycles. The SMILES string of the molecule is CO/N=C(\C(=O)C[C@@H]1C(=O)N2C(C(=O)O)=C(C[n+]3cccc4c3CCC4)CS[C@H]12)c1cnc(N)s1. The lowest BCUT2D eigenvalue weighted by Gasteiger charge is -2.49. The minimum Gasteiger partial charge on any atom is -0.477 e. The van der Waals surface area contributed by atoms with Gasteiger partial charge >= 0.3 is 5.97 Å². The van der Waals surface area contributed by atoms with Crippen molar-refractivity contribution in [3.05, 3.63) is 51.9 Å². The number of amides is 1. The fraction of sp³-hybridized carbons (Fsp3) is 0.391. The van der Waals surface area contributed by atoms with Gasteiger partial charge in [-0.15, -0.1) is 11.8 Å². The molecule has 2 aromatic rings. The van der Waals surface area contributed by atoms with Crippen LogP contribution in [-0.2, 0) is 38.6 Å². The maximum Gasteiger partial charge on any atom is 0.352 e. The molecule has 0 bridgehead atoms. The van der Waals surface area contributed by atoms with Gasteiger partial charge in [-0.3, -0.25) is 14.5 Å². The quantitative estimate of drug-likeness (QED) is 0.233. The Kier molecular flexibility index (Phi) is 6.32. The molecule has 2 aromatic heterocycles. The van der Waals surface area contributed by atoms with Gasteiger partial charge in [0.2, 0.25) is 5.91 Å². The van der Waals surface area contributed by atoms with Crippen LogP contribution < -0.4 is 10.3 Å². The second-order valence-corrected chi connectivity index (χ2v) is 10.7. The van der Waals surface area contributed by atoms with Crippen LogP contribution in [0.3, 0.4) is 0 Å². The highest BCUT2D eigenvalue weighted by molar-refractivity contribution is 8.00. The van der Waals surface area contributed by atoms with E-state index < -0.39 is 17.3 Å². The predicted molar refractivity (Wildman–Crippen MR) is 130 cm³/mol. The number of Topliss-reactive ketones (excluding diaryl/α,β-unsaturated/α-hetero) is 1. The number of thiazole rings is 1. The summed E-state index contributed by atoms with van der Waals surface area (Å²) in [6.45, 7) is 0.426. The molecule has 12 heteroatoms. The topological polar surface area (TPSA) is 139 Å². The summed E-state index contributed by atoms with van der Waals surface area (Å²) >= 11 is 2.59. The van der Waals surface area contributed by atoms with Crippen LogP contribution in [0.1, 0.15) is 29.0 Å². The highest BCUT2D eigenvalue weighted by Gasteiger charge is 2.54. The Morgan fingerprint density at radius 3 is 2.94 bits per heavy atom. The summed E-state index contributed by atoms with van der Waals surface area (Å²) in [5.74, 6) is -2.03. The Labute approximate surface area is 209 Å². The molecule has 10 nitrogen and oxygen atoms in total. The van der Waals surface area contributed by atoms with Gasteiger partial charge in [0.1, 0.15) is 12.8 Å². The van der Waals surface area contributed by atoms with Crippen LogP contribution in [0.5, 0.6) is 0 Å². The molecular weight excluding hydrogens is 490 g/mol. The van der Waals surface area contributed by atoms with Crippen LogP contribution >= 0.6 is 23.1 Å². The van der Waals surface area contributed by atoms with E-state index in [1.54, 1.807) is 0 Å². The van der Waals surface area contributed by atoms with E-state index in [1.165, 1.54) is 41.2 Å². The Morgan fingerprint density at radius 2 is 2.23 bits per heavy atom. The number of nitrogens with zero attached hydrogens (tertiary/aromatic N) is 4. The van der Waals surface area contributed by atoms with Crippen molar-refractivity contribution in [2.75, 3.05) is 18.6 Å². The number of oxime groups is 1. The molecule has 3 N–H and O–H groups in total. The number of carboxylic acid groups (broad SMARTS) is 1. The molecule has 35 heavy (non-hydrogen) atoms. The zero-order chi connectivity index (χ0) is 24.7. The molecule has 0 radical (unpaired) electrons. The third-order valence-electron chi connectivity index (χ3n) is 6.47. The molecular formula is C23H24N5O5S2+. The number of carbonyl (C=O) groups excluding carboxylic acids is 2. The van der Waals surface area contributed by atoms with Crippen molar-refractivity contribution in [3.63, 3.8) is 0 Å². The zero-order valence-corrected chi connectivity index (χ0v) is 20.6. The third-order valence-corrected chi connectivity index (χ3v) is 8.70. The summed E-state index contributed by atoms with van der Waals surface area (Å²) in [4.78, 5) is 48.9. The molecule has 4 heterocycles. The van der Waals surface area contributed by atoms with Gasteiger partial charge < -0.3 is 15.7 Å². The molecule has 0 spiro atoms. The number of rotatable bonds is 8. The smallest absolute Gasteiger partial charge is 0.352 e. The normalized spacial score (nSPS) is 21.5. The number of nitrogen functional groups attached to an aromatic ring is 1. The van der Waals surface area contributed by atoms with Crippen LogP contribution in [0.4, 0.5) is 5.13 Å². The molecule has 2 atom stereocenters. The van der Waals surface area contributed by atoms with E-state index in [0.717, 1.165) is 30.6 Å². The van der Waals surface area contributed by atoms with Crippen molar-refractivity contribution in [3.8, 4) is 0 Å². The van der Waals surface area contributed by atoms with Gasteiger partial charge in [0.15, 0.2) is 35.1 Å². The van der Waals surface area contributed by atoms with Crippen molar-refractivity contribution in [1.82, 2.24) is 9.88 Å². The monoisotopic (exact) mass is 514 g/mol. The molecule has 0 unspecified atom stereocenters. The number of carboxylic acids is 1. The van der Waals surface area contributed by atoms with Gasteiger partial charge in [0.05, 0.1) is 16.2 Å². The number of aryl methyl sites for hydroxylation is 1. The number of anilines is 1. The number of aliphatic carboxylic acids is 1. The average Bonchev–Trinajstić information content (AvgIpc) is 3.49. The Morgan fingerprint density at radius 1 is 1.40 bits per heavy atom. The first-order valence-electron chi connectivity index (χ1n) is 11.1. The molecule has 1 aliphatic carbocycles. The van der Waals surface area contributed by atoms with Gasteiger partial charge in [-0.2, -0.15) is 4.57 Å². The number of fused-ring (bicyclic) bond motifs is 2. The van der Waals surface area contributed by atoms with Gasteiger partial charge in [-0.25, -0.2) is 9.78 Å². The minimum atomic E-state index is -1.13. The third kappa shape index (κ3) is 4.20. The lowest BCUT2D eigenvalue weighted by Crippen LogP contribution is -2.62. The molecule has 1 saturated heterocycles. The number of carbonyl (C=O) groups is 3. The van der Waals surface area contributed by atoms with E-state index in [4.69, 9.17) is 10.6 Å². The largest absolute Gasteiger partial charge is 0.477 e. The number of hydrogen-bond donors (Lipinski definition) is 2. The first-order valence-corrected chi connectivity index (χ1v) is 13.0. The van der Waals surface area contributed by atoms with E-state index in [2.05, 4.69) is 20.8 Å². The van der Waals surface area contributed by atoms with E-state index in [-0.39, 0.29) is 34.7 Å². The Hall–Kier alpha value is -3.25. The van der Waals surface area contributed by atoms with Crippen molar-refractivity contribution >= 4 is 51.6 Å². The molecule has 182 valence electrons. The number of β-lactam (4-membered cyclic amide) rings is 1. The summed E-state index contributed by atoms with van der Waals surface area (Å²) in [7, 11) is 1.33. The van der Waals surface area contributed by atoms with Crippen LogP contribution in [0.25, 0.3) is 0 Å². The lowest BCUT2D eigenvalue weighted by atomic mass is 9.89. The van der Waals surface area contributed by atoms with Gasteiger partial charge in [0, 0.05) is 42.0 Å². The van der Waals surface area contributed by atoms with Crippen molar-refractivity contribution < 1.29 is 28.9 Å². The number of nitrogens with two attached hydrogens (primary N) is 1. The van der Waals surface area contributed by atoms with Gasteiger partial charge in [-0.05, 0) is 18.9 Å². The maximum atomic E-state index is 13.1. The summed E-state index contributed by atoms with van der Waals surface area (Å²) in [5, 5.41) is 13.7. The van der Waals surface area contributed by atoms with Crippen LogP contribution in [0.15, 0.2) is 41.0 Å². The van der Waals surface area contributed by atoms with Crippen molar-refractivity contribution in [1.29, 1.82) is 0 Å². The second-order valence-electron chi connectivity index (χ2n) is 8.55. The number of aromatic nitrogens is 2. The zero-order valence-electron chi connectivity index (χ0n) is 19.0. The fourth-order valence-corrected chi connectivity index (χ4v) is 7.01. The highest BCUT2D eigenvalue weighted by atomic mass is 32.2. The molecule has 3 aliphatic rings. The number of hydrogen-bond acceptors (Lipinski definition) is 9. The lowest BCUT2D eigenvalue weighted by molar-refractivity contribution is -0.696. The van der Waals surface area contributed by atoms with E-state index in [1.807, 2.05) is 12.3 Å². The highest BCUT2D eigenvalue weighted by Crippen LogP contribution is 2.45. The maximum absolute atomic E-state index is 13.1. The number of pyridine rings is 1. The van der Waals surface area contributed by atoms with Crippen molar-refractivity contribution in [2.45, 2.75) is 37.6 Å². The number of thioether (sulfide) groups is 1. The Balaban J connectivity index is 1.36. The average molecular weight is 515 g/mol. The molecule has 1 amide bonds. The standard InChI is InChI=1S/C23H23N5O5S2/c1-33-26-18(17-9-25-23(24)35-17)16(29)8-14-20(30)28-19(22(31)32)13(11-34-21(14)28)10-27-7-3-5-12-4-2-6-15(12)27/h3,5,7,9,14,21H,2,4,6,8,10-11H2,1H3,(H2-,24,25,26,31,32)/p+1/t14-,21-/m1/s1.